The van der Waals surface area contributed by atoms with Gasteiger partial charge in [0.2, 0.25) is 0 Å². The molecular formula is C15H18N4OS. The maximum Gasteiger partial charge on any atom is 0.191 e. The summed E-state index contributed by atoms with van der Waals surface area (Å²) in [7, 11) is 0. The SMILES string of the molecule is CCn1c(CCCO)nnc1SCc1ccc(C#N)cc1. The zero-order valence-electron chi connectivity index (χ0n) is 12.0. The van der Waals surface area contributed by atoms with Gasteiger partial charge in [-0.1, -0.05) is 23.9 Å². The van der Waals surface area contributed by atoms with Crippen LogP contribution in [0.2, 0.25) is 0 Å². The highest BCUT2D eigenvalue weighted by molar-refractivity contribution is 7.98. The van der Waals surface area contributed by atoms with Gasteiger partial charge in [0.1, 0.15) is 5.82 Å². The molecule has 0 spiro atoms. The Kier molecular flexibility index (Phi) is 5.78. The molecule has 2 rings (SSSR count). The molecule has 0 aliphatic carbocycles. The average molecular weight is 302 g/mol. The van der Waals surface area contributed by atoms with E-state index < -0.39 is 0 Å². The molecule has 6 heteroatoms. The summed E-state index contributed by atoms with van der Waals surface area (Å²) in [4.78, 5) is 0. The van der Waals surface area contributed by atoms with E-state index in [-0.39, 0.29) is 6.61 Å². The molecule has 2 aromatic rings. The number of benzene rings is 1. The highest BCUT2D eigenvalue weighted by Gasteiger charge is 2.11. The van der Waals surface area contributed by atoms with Crippen molar-refractivity contribution >= 4 is 11.8 Å². The van der Waals surface area contributed by atoms with Crippen molar-refractivity contribution in [2.75, 3.05) is 6.61 Å². The Morgan fingerprint density at radius 2 is 2.05 bits per heavy atom. The predicted molar refractivity (Wildman–Crippen MR) is 81.8 cm³/mol. The largest absolute Gasteiger partial charge is 0.396 e. The fourth-order valence-corrected chi connectivity index (χ4v) is 2.97. The van der Waals surface area contributed by atoms with E-state index in [0.717, 1.165) is 35.3 Å². The Balaban J connectivity index is 2.02. The van der Waals surface area contributed by atoms with Crippen LogP contribution in [0.3, 0.4) is 0 Å². The first kappa shape index (κ1) is 15.5. The molecule has 1 aromatic heterocycles. The molecule has 0 fully saturated rings. The van der Waals surface area contributed by atoms with Gasteiger partial charge in [0.25, 0.3) is 0 Å². The second kappa shape index (κ2) is 7.81. The number of rotatable bonds is 7. The molecule has 1 aromatic carbocycles. The van der Waals surface area contributed by atoms with Gasteiger partial charge in [-0.3, -0.25) is 0 Å². The molecule has 1 N–H and O–H groups in total. The van der Waals surface area contributed by atoms with Crippen molar-refractivity contribution in [2.45, 2.75) is 37.2 Å². The Morgan fingerprint density at radius 3 is 2.67 bits per heavy atom. The van der Waals surface area contributed by atoms with Crippen LogP contribution in [0.4, 0.5) is 0 Å². The van der Waals surface area contributed by atoms with E-state index >= 15 is 0 Å². The van der Waals surface area contributed by atoms with Crippen LogP contribution in [0.25, 0.3) is 0 Å². The lowest BCUT2D eigenvalue weighted by molar-refractivity contribution is 0.286. The Hall–Kier alpha value is -1.84. The third kappa shape index (κ3) is 4.06. The minimum atomic E-state index is 0.171. The molecule has 0 bridgehead atoms. The van der Waals surface area contributed by atoms with Crippen LogP contribution < -0.4 is 0 Å². The van der Waals surface area contributed by atoms with E-state index in [9.17, 15) is 0 Å². The van der Waals surface area contributed by atoms with Crippen LogP contribution in [0, 0.1) is 11.3 Å². The summed E-state index contributed by atoms with van der Waals surface area (Å²) < 4.78 is 2.09. The smallest absolute Gasteiger partial charge is 0.191 e. The number of aliphatic hydroxyl groups is 1. The van der Waals surface area contributed by atoms with E-state index in [4.69, 9.17) is 10.4 Å². The predicted octanol–water partition coefficient (Wildman–Crippen LogP) is 2.39. The van der Waals surface area contributed by atoms with Gasteiger partial charge >= 0.3 is 0 Å². The monoisotopic (exact) mass is 302 g/mol. The molecule has 110 valence electrons. The second-order valence-electron chi connectivity index (χ2n) is 4.57. The average Bonchev–Trinajstić information content (AvgIpc) is 2.93. The molecule has 0 aliphatic heterocycles. The topological polar surface area (TPSA) is 74.7 Å². The molecule has 0 saturated heterocycles. The minimum Gasteiger partial charge on any atom is -0.396 e. The number of nitriles is 1. The van der Waals surface area contributed by atoms with Gasteiger partial charge in [0.15, 0.2) is 5.16 Å². The van der Waals surface area contributed by atoms with Crippen molar-refractivity contribution in [2.24, 2.45) is 0 Å². The quantitative estimate of drug-likeness (QED) is 0.795. The van der Waals surface area contributed by atoms with Crippen molar-refractivity contribution < 1.29 is 5.11 Å². The number of nitrogens with zero attached hydrogens (tertiary/aromatic N) is 4. The van der Waals surface area contributed by atoms with Crippen LogP contribution in [0.5, 0.6) is 0 Å². The summed E-state index contributed by atoms with van der Waals surface area (Å²) in [5.74, 6) is 1.72. The number of aromatic nitrogens is 3. The van der Waals surface area contributed by atoms with Crippen LogP contribution in [-0.2, 0) is 18.7 Å². The normalized spacial score (nSPS) is 10.5. The number of hydrogen-bond acceptors (Lipinski definition) is 5. The number of hydrogen-bond donors (Lipinski definition) is 1. The van der Waals surface area contributed by atoms with Crippen LogP contribution in [-0.4, -0.2) is 26.5 Å². The van der Waals surface area contributed by atoms with E-state index in [1.165, 1.54) is 0 Å². The van der Waals surface area contributed by atoms with E-state index in [1.807, 2.05) is 24.3 Å². The third-order valence-electron chi connectivity index (χ3n) is 3.12. The lowest BCUT2D eigenvalue weighted by atomic mass is 10.2. The number of thioether (sulfide) groups is 1. The van der Waals surface area contributed by atoms with Gasteiger partial charge in [-0.2, -0.15) is 5.26 Å². The lowest BCUT2D eigenvalue weighted by Crippen LogP contribution is -2.04. The second-order valence-corrected chi connectivity index (χ2v) is 5.51. The van der Waals surface area contributed by atoms with Crippen molar-refractivity contribution in [3.05, 3.63) is 41.2 Å². The van der Waals surface area contributed by atoms with Crippen molar-refractivity contribution in [1.29, 1.82) is 5.26 Å². The minimum absolute atomic E-state index is 0.171. The molecule has 0 radical (unpaired) electrons. The first-order valence-corrected chi connectivity index (χ1v) is 7.91. The lowest BCUT2D eigenvalue weighted by Gasteiger charge is -2.06. The summed E-state index contributed by atoms with van der Waals surface area (Å²) in [6.07, 6.45) is 1.45. The fraction of sp³-hybridized carbons (Fsp3) is 0.400. The van der Waals surface area contributed by atoms with E-state index in [0.29, 0.717) is 12.0 Å². The van der Waals surface area contributed by atoms with Gasteiger partial charge in [-0.05, 0) is 31.0 Å². The van der Waals surface area contributed by atoms with Gasteiger partial charge in [0.05, 0.1) is 11.6 Å². The molecule has 0 unspecified atom stereocenters. The number of aryl methyl sites for hydroxylation is 1. The van der Waals surface area contributed by atoms with Crippen LogP contribution >= 0.6 is 11.8 Å². The molecule has 0 amide bonds. The van der Waals surface area contributed by atoms with Gasteiger partial charge < -0.3 is 9.67 Å². The maximum atomic E-state index is 8.91. The van der Waals surface area contributed by atoms with Gasteiger partial charge in [-0.25, -0.2) is 0 Å². The summed E-state index contributed by atoms with van der Waals surface area (Å²) in [6.45, 7) is 3.06. The molecule has 0 saturated carbocycles. The Bertz CT molecular complexity index is 616. The standard InChI is InChI=1S/C15H18N4OS/c1-2-19-14(4-3-9-20)17-18-15(19)21-11-13-7-5-12(10-16)6-8-13/h5-8,20H,2-4,9,11H2,1H3. The summed E-state index contributed by atoms with van der Waals surface area (Å²) in [6, 6.07) is 9.69. The highest BCUT2D eigenvalue weighted by atomic mass is 32.2. The van der Waals surface area contributed by atoms with E-state index in [1.54, 1.807) is 11.8 Å². The molecule has 0 aliphatic rings. The molecule has 5 nitrogen and oxygen atoms in total. The van der Waals surface area contributed by atoms with Crippen molar-refractivity contribution in [1.82, 2.24) is 14.8 Å². The summed E-state index contributed by atoms with van der Waals surface area (Å²) in [5.41, 5.74) is 1.83. The zero-order valence-corrected chi connectivity index (χ0v) is 12.8. The first-order chi connectivity index (χ1) is 10.3. The molecular weight excluding hydrogens is 284 g/mol. The van der Waals surface area contributed by atoms with E-state index in [2.05, 4.69) is 27.8 Å². The fourth-order valence-electron chi connectivity index (χ4n) is 1.99. The maximum absolute atomic E-state index is 8.91. The molecule has 0 atom stereocenters. The highest BCUT2D eigenvalue weighted by Crippen LogP contribution is 2.22. The summed E-state index contributed by atoms with van der Waals surface area (Å²) >= 11 is 1.64. The third-order valence-corrected chi connectivity index (χ3v) is 4.16. The molecule has 21 heavy (non-hydrogen) atoms. The Morgan fingerprint density at radius 1 is 1.29 bits per heavy atom. The van der Waals surface area contributed by atoms with Gasteiger partial charge in [-0.15, -0.1) is 10.2 Å². The zero-order chi connectivity index (χ0) is 15.1. The Labute approximate surface area is 128 Å². The van der Waals surface area contributed by atoms with Crippen molar-refractivity contribution in [3.63, 3.8) is 0 Å². The summed E-state index contributed by atoms with van der Waals surface area (Å²) in [5, 5.41) is 27.0. The first-order valence-electron chi connectivity index (χ1n) is 6.93. The molecule has 1 heterocycles. The van der Waals surface area contributed by atoms with Crippen LogP contribution in [0.1, 0.15) is 30.3 Å². The van der Waals surface area contributed by atoms with Crippen molar-refractivity contribution in [3.8, 4) is 6.07 Å². The van der Waals surface area contributed by atoms with Gasteiger partial charge in [0, 0.05) is 25.3 Å². The van der Waals surface area contributed by atoms with Crippen LogP contribution in [0.15, 0.2) is 29.4 Å². The number of aliphatic hydroxyl groups excluding tert-OH is 1.